The summed E-state index contributed by atoms with van der Waals surface area (Å²) >= 11 is 0. The molecule has 0 fully saturated rings. The Morgan fingerprint density at radius 3 is 1.56 bits per heavy atom. The molecule has 0 amide bonds. The maximum Gasteiger partial charge on any atom is 0.165 e. The number of benzene rings is 1. The molecule has 1 rings (SSSR count). The lowest BCUT2D eigenvalue weighted by molar-refractivity contribution is 0.476. The third kappa shape index (κ3) is 6.67. The van der Waals surface area contributed by atoms with Crippen LogP contribution in [0.25, 0.3) is 0 Å². The summed E-state index contributed by atoms with van der Waals surface area (Å²) in [5.74, 6) is -2.68. The molecule has 0 aromatic heterocycles. The Labute approximate surface area is 110 Å². The fourth-order valence-corrected chi connectivity index (χ4v) is 1.08. The first-order chi connectivity index (χ1) is 8.57. The van der Waals surface area contributed by atoms with E-state index in [0.717, 1.165) is 6.07 Å². The quantitative estimate of drug-likeness (QED) is 0.541. The average molecular weight is 264 g/mol. The second-order valence-corrected chi connectivity index (χ2v) is 2.64. The summed E-state index contributed by atoms with van der Waals surface area (Å²) in [4.78, 5) is 0. The summed E-state index contributed by atoms with van der Waals surface area (Å²) in [5.41, 5.74) is -0.180. The molecule has 0 aliphatic rings. The van der Waals surface area contributed by atoms with Gasteiger partial charge in [0.2, 0.25) is 0 Å². The predicted octanol–water partition coefficient (Wildman–Crippen LogP) is 6.05. The minimum Gasteiger partial charge on any atom is -0.207 e. The zero-order valence-electron chi connectivity index (χ0n) is 12.9. The average Bonchev–Trinajstić information content (AvgIpc) is 2.43. The Kier molecular flexibility index (Phi) is 17.4. The first kappa shape index (κ1) is 22.2. The zero-order chi connectivity index (χ0) is 15.3. The molecular formula is C15H27F3. The van der Waals surface area contributed by atoms with E-state index in [0.29, 0.717) is 0 Å². The third-order valence-corrected chi connectivity index (χ3v) is 1.79. The Balaban J connectivity index is -0.000000328. The molecule has 0 heterocycles. The second-order valence-electron chi connectivity index (χ2n) is 2.64. The molecule has 18 heavy (non-hydrogen) atoms. The second kappa shape index (κ2) is 14.1. The fourth-order valence-electron chi connectivity index (χ4n) is 1.08. The molecule has 1 aromatic rings. The van der Waals surface area contributed by atoms with Gasteiger partial charge < -0.3 is 0 Å². The minimum atomic E-state index is -1.06. The number of hydrogen-bond donors (Lipinski definition) is 0. The Hall–Kier alpha value is -0.990. The SMILES string of the molecule is CC.CC.CC.CCc1c(F)cc(C)c(F)c1F. The maximum absolute atomic E-state index is 12.9. The standard InChI is InChI=1S/C9H9F3.3C2H6/c1-3-6-7(10)4-5(2)8(11)9(6)12;3*1-2/h4H,3H2,1-2H3;3*1-2H3. The first-order valence-corrected chi connectivity index (χ1v) is 6.70. The molecule has 0 N–H and O–H groups in total. The van der Waals surface area contributed by atoms with E-state index >= 15 is 0 Å². The highest BCUT2D eigenvalue weighted by atomic mass is 19.2. The highest BCUT2D eigenvalue weighted by Gasteiger charge is 2.14. The van der Waals surface area contributed by atoms with Crippen LogP contribution in [0.3, 0.4) is 0 Å². The molecule has 0 radical (unpaired) electrons. The molecule has 0 bridgehead atoms. The maximum atomic E-state index is 12.9. The van der Waals surface area contributed by atoms with Gasteiger partial charge in [-0.15, -0.1) is 0 Å². The van der Waals surface area contributed by atoms with Crippen molar-refractivity contribution in [2.75, 3.05) is 0 Å². The monoisotopic (exact) mass is 264 g/mol. The lowest BCUT2D eigenvalue weighted by atomic mass is 10.1. The van der Waals surface area contributed by atoms with Gasteiger partial charge in [-0.1, -0.05) is 48.5 Å². The van der Waals surface area contributed by atoms with Gasteiger partial charge in [-0.3, -0.25) is 0 Å². The molecule has 0 spiro atoms. The number of hydrogen-bond acceptors (Lipinski definition) is 0. The van der Waals surface area contributed by atoms with E-state index < -0.39 is 17.5 Å². The van der Waals surface area contributed by atoms with E-state index in [-0.39, 0.29) is 17.5 Å². The van der Waals surface area contributed by atoms with E-state index in [1.54, 1.807) is 6.92 Å². The van der Waals surface area contributed by atoms with Crippen molar-refractivity contribution < 1.29 is 13.2 Å². The van der Waals surface area contributed by atoms with Gasteiger partial charge in [0.25, 0.3) is 0 Å². The molecule has 0 aliphatic carbocycles. The highest BCUT2D eigenvalue weighted by molar-refractivity contribution is 5.27. The number of rotatable bonds is 1. The summed E-state index contributed by atoms with van der Waals surface area (Å²) in [6, 6.07) is 1.01. The largest absolute Gasteiger partial charge is 0.207 e. The zero-order valence-corrected chi connectivity index (χ0v) is 12.9. The summed E-state index contributed by atoms with van der Waals surface area (Å²) in [5, 5.41) is 0. The van der Waals surface area contributed by atoms with E-state index in [9.17, 15) is 13.2 Å². The van der Waals surface area contributed by atoms with Crippen molar-refractivity contribution in [3.05, 3.63) is 34.6 Å². The van der Waals surface area contributed by atoms with E-state index in [2.05, 4.69) is 0 Å². The van der Waals surface area contributed by atoms with E-state index in [1.807, 2.05) is 41.5 Å². The van der Waals surface area contributed by atoms with Crippen molar-refractivity contribution in [2.45, 2.75) is 61.8 Å². The molecule has 108 valence electrons. The van der Waals surface area contributed by atoms with Crippen LogP contribution in [0.1, 0.15) is 59.6 Å². The Morgan fingerprint density at radius 2 is 1.22 bits per heavy atom. The van der Waals surface area contributed by atoms with Crippen molar-refractivity contribution in [1.82, 2.24) is 0 Å². The summed E-state index contributed by atoms with van der Waals surface area (Å²) in [6.07, 6.45) is 0.162. The predicted molar refractivity (Wildman–Crippen MR) is 74.5 cm³/mol. The van der Waals surface area contributed by atoms with Crippen LogP contribution in [0.15, 0.2) is 6.07 Å². The third-order valence-electron chi connectivity index (χ3n) is 1.79. The van der Waals surface area contributed by atoms with E-state index in [4.69, 9.17) is 0 Å². The Morgan fingerprint density at radius 1 is 0.833 bits per heavy atom. The van der Waals surface area contributed by atoms with Crippen molar-refractivity contribution >= 4 is 0 Å². The van der Waals surface area contributed by atoms with Gasteiger partial charge in [-0.05, 0) is 25.0 Å². The molecule has 0 aliphatic heterocycles. The lowest BCUT2D eigenvalue weighted by Gasteiger charge is -2.04. The summed E-state index contributed by atoms with van der Waals surface area (Å²) < 4.78 is 38.6. The van der Waals surface area contributed by atoms with Gasteiger partial charge in [0.1, 0.15) is 5.82 Å². The molecule has 0 saturated carbocycles. The van der Waals surface area contributed by atoms with Crippen molar-refractivity contribution in [1.29, 1.82) is 0 Å². The van der Waals surface area contributed by atoms with Gasteiger partial charge in [0.05, 0.1) is 0 Å². The van der Waals surface area contributed by atoms with Crippen LogP contribution in [-0.2, 0) is 6.42 Å². The van der Waals surface area contributed by atoms with Crippen LogP contribution in [0.2, 0.25) is 0 Å². The molecule has 1 aromatic carbocycles. The molecule has 0 saturated heterocycles. The van der Waals surface area contributed by atoms with Gasteiger partial charge in [-0.2, -0.15) is 0 Å². The molecule has 0 atom stereocenters. The normalized spacial score (nSPS) is 7.94. The van der Waals surface area contributed by atoms with Gasteiger partial charge >= 0.3 is 0 Å². The van der Waals surface area contributed by atoms with Gasteiger partial charge in [0.15, 0.2) is 11.6 Å². The topological polar surface area (TPSA) is 0 Å². The lowest BCUT2D eigenvalue weighted by Crippen LogP contribution is -1.99. The highest BCUT2D eigenvalue weighted by Crippen LogP contribution is 2.19. The van der Waals surface area contributed by atoms with Crippen LogP contribution in [0.5, 0.6) is 0 Å². The molecule has 3 heteroatoms. The minimum absolute atomic E-state index is 0.00204. The van der Waals surface area contributed by atoms with Crippen molar-refractivity contribution in [2.24, 2.45) is 0 Å². The first-order valence-electron chi connectivity index (χ1n) is 6.70. The van der Waals surface area contributed by atoms with Crippen LogP contribution in [0, 0.1) is 24.4 Å². The van der Waals surface area contributed by atoms with Gasteiger partial charge in [-0.25, -0.2) is 13.2 Å². The van der Waals surface area contributed by atoms with Crippen molar-refractivity contribution in [3.8, 4) is 0 Å². The van der Waals surface area contributed by atoms with Crippen LogP contribution in [0.4, 0.5) is 13.2 Å². The van der Waals surface area contributed by atoms with Crippen LogP contribution >= 0.6 is 0 Å². The number of aryl methyl sites for hydroxylation is 1. The molecular weight excluding hydrogens is 237 g/mol. The number of halogens is 3. The summed E-state index contributed by atoms with van der Waals surface area (Å²) in [6.45, 7) is 14.9. The van der Waals surface area contributed by atoms with Gasteiger partial charge in [0, 0.05) is 5.56 Å². The smallest absolute Gasteiger partial charge is 0.165 e. The molecule has 0 unspecified atom stereocenters. The van der Waals surface area contributed by atoms with Crippen LogP contribution in [-0.4, -0.2) is 0 Å². The molecule has 0 nitrogen and oxygen atoms in total. The Bertz CT molecular complexity index is 307. The summed E-state index contributed by atoms with van der Waals surface area (Å²) in [7, 11) is 0. The van der Waals surface area contributed by atoms with E-state index in [1.165, 1.54) is 6.92 Å². The fraction of sp³-hybridized carbons (Fsp3) is 0.600. The van der Waals surface area contributed by atoms with Crippen LogP contribution < -0.4 is 0 Å². The van der Waals surface area contributed by atoms with Crippen molar-refractivity contribution in [3.63, 3.8) is 0 Å².